The van der Waals surface area contributed by atoms with Crippen molar-refractivity contribution in [1.82, 2.24) is 10.2 Å². The van der Waals surface area contributed by atoms with Gasteiger partial charge in [-0.05, 0) is 47.7 Å². The summed E-state index contributed by atoms with van der Waals surface area (Å²) in [6.45, 7) is 4.99. The van der Waals surface area contributed by atoms with Crippen molar-refractivity contribution in [3.8, 4) is 0 Å². The molecule has 0 heterocycles. The van der Waals surface area contributed by atoms with Gasteiger partial charge in [0.2, 0.25) is 11.8 Å². The van der Waals surface area contributed by atoms with Crippen molar-refractivity contribution in [3.63, 3.8) is 0 Å². The average Bonchev–Trinajstić information content (AvgIpc) is 2.88. The lowest BCUT2D eigenvalue weighted by molar-refractivity contribution is -0.139. The van der Waals surface area contributed by atoms with Gasteiger partial charge in [-0.25, -0.2) is 0 Å². The zero-order valence-corrected chi connectivity index (χ0v) is 23.0. The Kier molecular flexibility index (Phi) is 11.2. The van der Waals surface area contributed by atoms with E-state index in [1.165, 1.54) is 11.8 Å². The summed E-state index contributed by atoms with van der Waals surface area (Å²) in [7, 11) is 0. The Bertz CT molecular complexity index is 1160. The van der Waals surface area contributed by atoms with Crippen LogP contribution in [-0.4, -0.2) is 35.1 Å². The Morgan fingerprint density at radius 3 is 2.36 bits per heavy atom. The minimum absolute atomic E-state index is 0.0732. The lowest BCUT2D eigenvalue weighted by Gasteiger charge is -2.32. The number of nitrogens with one attached hydrogen (secondary N) is 1. The van der Waals surface area contributed by atoms with Gasteiger partial charge in [0.05, 0.1) is 15.8 Å². The third-order valence-electron chi connectivity index (χ3n) is 5.90. The van der Waals surface area contributed by atoms with Crippen molar-refractivity contribution in [2.75, 3.05) is 12.3 Å². The molecular formula is C29H32Cl2N2O2S. The maximum atomic E-state index is 13.7. The van der Waals surface area contributed by atoms with Crippen LogP contribution in [0.5, 0.6) is 0 Å². The molecule has 7 heteroatoms. The molecule has 0 aromatic heterocycles. The van der Waals surface area contributed by atoms with Gasteiger partial charge in [-0.3, -0.25) is 9.59 Å². The molecular weight excluding hydrogens is 511 g/mol. The molecule has 0 aliphatic carbocycles. The number of nitrogens with zero attached hydrogens (tertiary/aromatic N) is 1. The van der Waals surface area contributed by atoms with Crippen molar-refractivity contribution in [3.05, 3.63) is 105 Å². The molecule has 3 rings (SSSR count). The highest BCUT2D eigenvalue weighted by Crippen LogP contribution is 2.25. The number of carbonyl (C=O) groups is 2. The normalized spacial score (nSPS) is 11.7. The van der Waals surface area contributed by atoms with Gasteiger partial charge in [0, 0.05) is 25.3 Å². The first kappa shape index (κ1) is 28.1. The fourth-order valence-corrected chi connectivity index (χ4v) is 5.04. The summed E-state index contributed by atoms with van der Waals surface area (Å²) < 4.78 is 0. The van der Waals surface area contributed by atoms with Gasteiger partial charge in [0.25, 0.3) is 0 Å². The molecule has 36 heavy (non-hydrogen) atoms. The van der Waals surface area contributed by atoms with E-state index < -0.39 is 6.04 Å². The highest BCUT2D eigenvalue weighted by molar-refractivity contribution is 7.99. The van der Waals surface area contributed by atoms with E-state index >= 15 is 0 Å². The van der Waals surface area contributed by atoms with Crippen molar-refractivity contribution in [2.24, 2.45) is 0 Å². The SMILES string of the molecule is CCCNC(=O)[C@@H](Cc1ccccc1)N(Cc1ccccc1C)C(=O)CSCc1ccc(Cl)c(Cl)c1. The van der Waals surface area contributed by atoms with E-state index in [0.717, 1.165) is 28.7 Å². The number of amides is 2. The minimum atomic E-state index is -0.614. The minimum Gasteiger partial charge on any atom is -0.354 e. The molecule has 0 unspecified atom stereocenters. The van der Waals surface area contributed by atoms with Crippen LogP contribution in [0.3, 0.4) is 0 Å². The smallest absolute Gasteiger partial charge is 0.243 e. The van der Waals surface area contributed by atoms with Crippen LogP contribution in [0.25, 0.3) is 0 Å². The van der Waals surface area contributed by atoms with E-state index in [4.69, 9.17) is 23.2 Å². The van der Waals surface area contributed by atoms with E-state index in [1.54, 1.807) is 11.0 Å². The van der Waals surface area contributed by atoms with Gasteiger partial charge in [0.15, 0.2) is 0 Å². The van der Waals surface area contributed by atoms with Crippen LogP contribution in [0.15, 0.2) is 72.8 Å². The third kappa shape index (κ3) is 8.29. The maximum absolute atomic E-state index is 13.7. The zero-order valence-electron chi connectivity index (χ0n) is 20.7. The van der Waals surface area contributed by atoms with Crippen molar-refractivity contribution >= 4 is 46.8 Å². The van der Waals surface area contributed by atoms with Crippen molar-refractivity contribution in [1.29, 1.82) is 0 Å². The van der Waals surface area contributed by atoms with Crippen LogP contribution < -0.4 is 5.32 Å². The molecule has 3 aromatic carbocycles. The average molecular weight is 544 g/mol. The Balaban J connectivity index is 1.84. The number of carbonyl (C=O) groups excluding carboxylic acids is 2. The second-order valence-corrected chi connectivity index (χ2v) is 10.5. The largest absolute Gasteiger partial charge is 0.354 e. The van der Waals surface area contributed by atoms with Crippen LogP contribution in [0.2, 0.25) is 10.0 Å². The molecule has 0 saturated carbocycles. The Hall–Kier alpha value is -2.47. The maximum Gasteiger partial charge on any atom is 0.243 e. The third-order valence-corrected chi connectivity index (χ3v) is 7.63. The van der Waals surface area contributed by atoms with Gasteiger partial charge >= 0.3 is 0 Å². The highest BCUT2D eigenvalue weighted by atomic mass is 35.5. The van der Waals surface area contributed by atoms with E-state index in [0.29, 0.717) is 35.3 Å². The lowest BCUT2D eigenvalue weighted by Crippen LogP contribution is -2.51. The van der Waals surface area contributed by atoms with Crippen molar-refractivity contribution in [2.45, 2.75) is 45.0 Å². The van der Waals surface area contributed by atoms with Gasteiger partial charge in [-0.1, -0.05) is 90.8 Å². The monoisotopic (exact) mass is 542 g/mol. The summed E-state index contributed by atoms with van der Waals surface area (Å²) in [6, 6.07) is 22.7. The topological polar surface area (TPSA) is 49.4 Å². The molecule has 0 bridgehead atoms. The number of hydrogen-bond acceptors (Lipinski definition) is 3. The van der Waals surface area contributed by atoms with E-state index in [2.05, 4.69) is 5.32 Å². The number of thioether (sulfide) groups is 1. The van der Waals surface area contributed by atoms with E-state index in [1.807, 2.05) is 80.6 Å². The van der Waals surface area contributed by atoms with Crippen LogP contribution in [0.1, 0.15) is 35.6 Å². The molecule has 2 amide bonds. The number of aryl methyl sites for hydroxylation is 1. The predicted molar refractivity (Wildman–Crippen MR) is 152 cm³/mol. The van der Waals surface area contributed by atoms with Crippen LogP contribution in [0, 0.1) is 6.92 Å². The van der Waals surface area contributed by atoms with Gasteiger partial charge in [-0.2, -0.15) is 0 Å². The van der Waals surface area contributed by atoms with Crippen LogP contribution in [-0.2, 0) is 28.3 Å². The predicted octanol–water partition coefficient (Wildman–Crippen LogP) is 6.70. The Labute approximate surface area is 228 Å². The fraction of sp³-hybridized carbons (Fsp3) is 0.310. The summed E-state index contributed by atoms with van der Waals surface area (Å²) in [5.41, 5.74) is 4.13. The Morgan fingerprint density at radius 2 is 1.67 bits per heavy atom. The van der Waals surface area contributed by atoms with Gasteiger partial charge < -0.3 is 10.2 Å². The van der Waals surface area contributed by atoms with Gasteiger partial charge in [0.1, 0.15) is 6.04 Å². The van der Waals surface area contributed by atoms with Crippen LogP contribution >= 0.6 is 35.0 Å². The first-order valence-electron chi connectivity index (χ1n) is 12.1. The van der Waals surface area contributed by atoms with E-state index in [9.17, 15) is 9.59 Å². The molecule has 3 aromatic rings. The summed E-state index contributed by atoms with van der Waals surface area (Å²) in [5, 5.41) is 4.02. The first-order chi connectivity index (χ1) is 17.4. The molecule has 0 aliphatic rings. The van der Waals surface area contributed by atoms with Crippen LogP contribution in [0.4, 0.5) is 0 Å². The Morgan fingerprint density at radius 1 is 0.944 bits per heavy atom. The second-order valence-electron chi connectivity index (χ2n) is 8.69. The lowest BCUT2D eigenvalue weighted by atomic mass is 10.0. The number of halogens is 2. The summed E-state index contributed by atoms with van der Waals surface area (Å²) in [4.78, 5) is 28.7. The second kappa shape index (κ2) is 14.3. The summed E-state index contributed by atoms with van der Waals surface area (Å²) in [5.74, 6) is 0.665. The summed E-state index contributed by atoms with van der Waals surface area (Å²) >= 11 is 13.7. The molecule has 1 N–H and O–H groups in total. The number of rotatable bonds is 12. The van der Waals surface area contributed by atoms with Gasteiger partial charge in [-0.15, -0.1) is 11.8 Å². The number of benzene rings is 3. The highest BCUT2D eigenvalue weighted by Gasteiger charge is 2.30. The molecule has 0 fully saturated rings. The fourth-order valence-electron chi connectivity index (χ4n) is 3.86. The number of hydrogen-bond donors (Lipinski definition) is 1. The molecule has 4 nitrogen and oxygen atoms in total. The molecule has 190 valence electrons. The molecule has 0 spiro atoms. The van der Waals surface area contributed by atoms with E-state index in [-0.39, 0.29) is 17.6 Å². The summed E-state index contributed by atoms with van der Waals surface area (Å²) in [6.07, 6.45) is 1.28. The first-order valence-corrected chi connectivity index (χ1v) is 14.0. The molecule has 1 atom stereocenters. The quantitative estimate of drug-likeness (QED) is 0.277. The standard InChI is InChI=1S/C29H32Cl2N2O2S/c1-3-15-32-29(35)27(17-22-10-5-4-6-11-22)33(18-24-12-8-7-9-21(24)2)28(34)20-36-19-23-13-14-25(30)26(31)16-23/h4-14,16,27H,3,15,17-20H2,1-2H3,(H,32,35)/t27-/m1/s1. The zero-order chi connectivity index (χ0) is 25.9. The molecule has 0 aliphatic heterocycles. The molecule has 0 radical (unpaired) electrons. The molecule has 0 saturated heterocycles. The van der Waals surface area contributed by atoms with Crippen molar-refractivity contribution < 1.29 is 9.59 Å².